The molecule has 0 aliphatic rings. The van der Waals surface area contributed by atoms with E-state index in [2.05, 4.69) is 9.97 Å². The van der Waals surface area contributed by atoms with Gasteiger partial charge in [-0.1, -0.05) is 0 Å². The second kappa shape index (κ2) is 4.43. The Hall–Kier alpha value is -0.390. The number of aromatic nitrogens is 2. The molecule has 0 bridgehead atoms. The van der Waals surface area contributed by atoms with E-state index in [4.69, 9.17) is 11.5 Å². The van der Waals surface area contributed by atoms with Crippen LogP contribution in [-0.4, -0.2) is 16.1 Å². The first-order valence-electron chi connectivity index (χ1n) is 2.78. The van der Waals surface area contributed by atoms with Gasteiger partial charge in [0.05, 0.1) is 6.17 Å². The lowest BCUT2D eigenvalue weighted by Gasteiger charge is -1.99. The summed E-state index contributed by atoms with van der Waals surface area (Å²) in [5.41, 5.74) is 10.6. The van der Waals surface area contributed by atoms with Crippen LogP contribution in [0, 0.1) is 0 Å². The lowest BCUT2D eigenvalue weighted by atomic mass is 10.3. The quantitative estimate of drug-likeness (QED) is 0.586. The monoisotopic (exact) mass is 206 g/mol. The molecule has 0 saturated heterocycles. The maximum Gasteiger partial charge on any atom is 0.108 e. The van der Waals surface area contributed by atoms with Gasteiger partial charge in [-0.05, 0) is 0 Å². The summed E-state index contributed by atoms with van der Waals surface area (Å²) in [7, 11) is 0. The van der Waals surface area contributed by atoms with Crippen LogP contribution in [-0.2, 0) is 6.42 Å². The maximum absolute atomic E-state index is 5.30. The largest absolute Gasteiger partial charge is 0.349 e. The summed E-state index contributed by atoms with van der Waals surface area (Å²) in [6.07, 6.45) is 3.72. The Morgan fingerprint density at radius 1 is 1.60 bits per heavy atom. The molecule has 1 aromatic rings. The highest BCUT2D eigenvalue weighted by molar-refractivity contribution is 8.93. The van der Waals surface area contributed by atoms with E-state index >= 15 is 0 Å². The number of rotatable bonds is 2. The summed E-state index contributed by atoms with van der Waals surface area (Å²) in [5.74, 6) is 0.838. The first kappa shape index (κ1) is 9.61. The third kappa shape index (κ3) is 2.95. The number of hydrogen-bond acceptors (Lipinski definition) is 3. The number of aromatic amines is 1. The van der Waals surface area contributed by atoms with Crippen LogP contribution in [0.1, 0.15) is 5.82 Å². The predicted molar refractivity (Wildman–Crippen MR) is 44.8 cm³/mol. The number of nitrogens with one attached hydrogen (secondary N) is 1. The normalized spacial score (nSPS) is 9.50. The molecule has 5 N–H and O–H groups in total. The Labute approximate surface area is 69.8 Å². The van der Waals surface area contributed by atoms with Crippen molar-refractivity contribution in [3.8, 4) is 0 Å². The molecule has 5 heteroatoms. The van der Waals surface area contributed by atoms with Crippen molar-refractivity contribution >= 4 is 17.0 Å². The zero-order valence-electron chi connectivity index (χ0n) is 5.45. The molecule has 0 unspecified atom stereocenters. The van der Waals surface area contributed by atoms with Crippen LogP contribution in [0.3, 0.4) is 0 Å². The van der Waals surface area contributed by atoms with Gasteiger partial charge in [0.25, 0.3) is 0 Å². The molecule has 10 heavy (non-hydrogen) atoms. The van der Waals surface area contributed by atoms with Gasteiger partial charge in [0.1, 0.15) is 5.82 Å². The van der Waals surface area contributed by atoms with E-state index in [0.29, 0.717) is 6.42 Å². The standard InChI is InChI=1S/C5H10N4.BrH/c6-4(7)3-5-8-1-2-9-5;/h1-2,4H,3,6-7H2,(H,8,9);1H. The van der Waals surface area contributed by atoms with E-state index in [1.165, 1.54) is 0 Å². The van der Waals surface area contributed by atoms with Crippen LogP contribution in [0.15, 0.2) is 12.4 Å². The van der Waals surface area contributed by atoms with Crippen LogP contribution in [0.25, 0.3) is 0 Å². The van der Waals surface area contributed by atoms with E-state index in [1.807, 2.05) is 0 Å². The maximum atomic E-state index is 5.30. The first-order chi connectivity index (χ1) is 4.29. The van der Waals surface area contributed by atoms with Crippen LogP contribution in [0.2, 0.25) is 0 Å². The number of nitrogens with zero attached hydrogens (tertiary/aromatic N) is 1. The van der Waals surface area contributed by atoms with Crippen molar-refractivity contribution in [2.45, 2.75) is 12.6 Å². The van der Waals surface area contributed by atoms with Gasteiger partial charge in [0.2, 0.25) is 0 Å². The molecule has 0 spiro atoms. The number of halogens is 1. The summed E-state index contributed by atoms with van der Waals surface area (Å²) < 4.78 is 0. The molecule has 0 radical (unpaired) electrons. The summed E-state index contributed by atoms with van der Waals surface area (Å²) in [6, 6.07) is 0. The zero-order valence-corrected chi connectivity index (χ0v) is 7.16. The Bertz CT molecular complexity index is 160. The molecular weight excluding hydrogens is 196 g/mol. The van der Waals surface area contributed by atoms with Gasteiger partial charge >= 0.3 is 0 Å². The molecule has 58 valence electrons. The SMILES string of the molecule is Br.NC(N)Cc1ncc[nH]1. The van der Waals surface area contributed by atoms with Crippen molar-refractivity contribution in [2.24, 2.45) is 11.5 Å². The van der Waals surface area contributed by atoms with E-state index < -0.39 is 0 Å². The van der Waals surface area contributed by atoms with Crippen molar-refractivity contribution < 1.29 is 0 Å². The zero-order chi connectivity index (χ0) is 6.69. The van der Waals surface area contributed by atoms with Gasteiger partial charge in [-0.25, -0.2) is 4.98 Å². The van der Waals surface area contributed by atoms with Crippen molar-refractivity contribution in [1.82, 2.24) is 9.97 Å². The molecular formula is C5H11BrN4. The summed E-state index contributed by atoms with van der Waals surface area (Å²) in [5, 5.41) is 0. The minimum Gasteiger partial charge on any atom is -0.349 e. The fourth-order valence-corrected chi connectivity index (χ4v) is 0.633. The predicted octanol–water partition coefficient (Wildman–Crippen LogP) is -0.226. The number of nitrogens with two attached hydrogens (primary N) is 2. The van der Waals surface area contributed by atoms with E-state index in [-0.39, 0.29) is 23.1 Å². The van der Waals surface area contributed by atoms with Gasteiger partial charge in [-0.2, -0.15) is 0 Å². The van der Waals surface area contributed by atoms with Crippen molar-refractivity contribution in [1.29, 1.82) is 0 Å². The second-order valence-electron chi connectivity index (χ2n) is 1.90. The fraction of sp³-hybridized carbons (Fsp3) is 0.400. The molecule has 0 atom stereocenters. The molecule has 4 nitrogen and oxygen atoms in total. The Balaban J connectivity index is 0.000000810. The van der Waals surface area contributed by atoms with Crippen molar-refractivity contribution in [3.05, 3.63) is 18.2 Å². The minimum absolute atomic E-state index is 0. The molecule has 1 rings (SSSR count). The van der Waals surface area contributed by atoms with Crippen LogP contribution in [0.5, 0.6) is 0 Å². The Kier molecular flexibility index (Phi) is 4.26. The highest BCUT2D eigenvalue weighted by Gasteiger charge is 1.97. The van der Waals surface area contributed by atoms with Crippen molar-refractivity contribution in [2.75, 3.05) is 0 Å². The topological polar surface area (TPSA) is 80.7 Å². The third-order valence-corrected chi connectivity index (χ3v) is 0.984. The first-order valence-corrected chi connectivity index (χ1v) is 2.78. The Morgan fingerprint density at radius 3 is 2.70 bits per heavy atom. The van der Waals surface area contributed by atoms with Gasteiger partial charge in [-0.15, -0.1) is 17.0 Å². The number of H-pyrrole nitrogens is 1. The van der Waals surface area contributed by atoms with Gasteiger partial charge < -0.3 is 16.5 Å². The summed E-state index contributed by atoms with van der Waals surface area (Å²) in [6.45, 7) is 0. The lowest BCUT2D eigenvalue weighted by molar-refractivity contribution is 0.679. The van der Waals surface area contributed by atoms with Crippen LogP contribution >= 0.6 is 17.0 Å². The smallest absolute Gasteiger partial charge is 0.108 e. The van der Waals surface area contributed by atoms with E-state index in [9.17, 15) is 0 Å². The lowest BCUT2D eigenvalue weighted by Crippen LogP contribution is -2.32. The molecule has 0 aliphatic heterocycles. The number of hydrogen-bond donors (Lipinski definition) is 3. The second-order valence-corrected chi connectivity index (χ2v) is 1.90. The molecule has 1 aromatic heterocycles. The minimum atomic E-state index is -0.309. The number of imidazole rings is 1. The molecule has 0 aromatic carbocycles. The highest BCUT2D eigenvalue weighted by Crippen LogP contribution is 1.88. The Morgan fingerprint density at radius 2 is 2.30 bits per heavy atom. The third-order valence-electron chi connectivity index (χ3n) is 0.984. The van der Waals surface area contributed by atoms with Crippen LogP contribution in [0.4, 0.5) is 0 Å². The molecule has 0 amide bonds. The van der Waals surface area contributed by atoms with Crippen molar-refractivity contribution in [3.63, 3.8) is 0 Å². The van der Waals surface area contributed by atoms with Crippen LogP contribution < -0.4 is 11.5 Å². The van der Waals surface area contributed by atoms with Gasteiger partial charge in [0.15, 0.2) is 0 Å². The summed E-state index contributed by atoms with van der Waals surface area (Å²) >= 11 is 0. The summed E-state index contributed by atoms with van der Waals surface area (Å²) in [4.78, 5) is 6.84. The highest BCUT2D eigenvalue weighted by atomic mass is 79.9. The van der Waals surface area contributed by atoms with Gasteiger partial charge in [-0.3, -0.25) is 0 Å². The molecule has 0 saturated carbocycles. The molecule has 1 heterocycles. The average Bonchev–Trinajstić information content (AvgIpc) is 2.15. The average molecular weight is 207 g/mol. The fourth-order valence-electron chi connectivity index (χ4n) is 0.633. The van der Waals surface area contributed by atoms with Gasteiger partial charge in [0, 0.05) is 18.8 Å². The molecule has 0 fully saturated rings. The molecule has 0 aliphatic carbocycles. The van der Waals surface area contributed by atoms with E-state index in [0.717, 1.165) is 5.82 Å². The van der Waals surface area contributed by atoms with E-state index in [1.54, 1.807) is 12.4 Å².